The molecule has 3 heteroatoms. The lowest BCUT2D eigenvalue weighted by Gasteiger charge is -2.40. The molecule has 0 unspecified atom stereocenters. The minimum absolute atomic E-state index is 0.0358. The molecule has 3 aromatic carbocycles. The van der Waals surface area contributed by atoms with Gasteiger partial charge in [0.2, 0.25) is 0 Å². The second-order valence-electron chi connectivity index (χ2n) is 8.89. The smallest absolute Gasteiger partial charge is 0.162 e. The molecule has 1 heterocycles. The number of hydrogen-bond acceptors (Lipinski definition) is 3. The molecule has 1 aliphatic carbocycles. The molecule has 0 aromatic heterocycles. The van der Waals surface area contributed by atoms with Crippen molar-refractivity contribution >= 4 is 27.8 Å². The van der Waals surface area contributed by atoms with Gasteiger partial charge in [-0.25, -0.2) is 0 Å². The average molecular weight is 383 g/mol. The van der Waals surface area contributed by atoms with Gasteiger partial charge in [-0.15, -0.1) is 0 Å². The Morgan fingerprint density at radius 1 is 0.966 bits per heavy atom. The first-order valence-electron chi connectivity index (χ1n) is 10.2. The molecule has 3 aromatic rings. The maximum atomic E-state index is 13.4. The number of allylic oxidation sites excluding steroid dienone is 1. The van der Waals surface area contributed by atoms with Gasteiger partial charge in [-0.1, -0.05) is 56.3 Å². The second kappa shape index (κ2) is 6.48. The molecule has 1 aliphatic heterocycles. The summed E-state index contributed by atoms with van der Waals surface area (Å²) in [6.45, 7) is 4.40. The van der Waals surface area contributed by atoms with Gasteiger partial charge in [0.05, 0.1) is 13.2 Å². The van der Waals surface area contributed by atoms with Crippen LogP contribution in [0.1, 0.15) is 43.9 Å². The summed E-state index contributed by atoms with van der Waals surface area (Å²) in [5.74, 6) is 1.07. The molecule has 0 amide bonds. The van der Waals surface area contributed by atoms with Crippen LogP contribution in [0.4, 0.5) is 5.69 Å². The van der Waals surface area contributed by atoms with Gasteiger partial charge < -0.3 is 10.1 Å². The molecule has 146 valence electrons. The van der Waals surface area contributed by atoms with E-state index in [2.05, 4.69) is 67.7 Å². The first kappa shape index (κ1) is 18.0. The van der Waals surface area contributed by atoms with Crippen molar-refractivity contribution in [2.45, 2.75) is 32.7 Å². The number of benzene rings is 3. The van der Waals surface area contributed by atoms with Crippen molar-refractivity contribution in [2.75, 3.05) is 12.4 Å². The van der Waals surface area contributed by atoms with Crippen molar-refractivity contribution in [3.05, 3.63) is 77.4 Å². The van der Waals surface area contributed by atoms with Gasteiger partial charge >= 0.3 is 0 Å². The largest absolute Gasteiger partial charge is 0.497 e. The normalized spacial score (nSPS) is 20.1. The number of nitrogens with one attached hydrogen (secondary N) is 1. The lowest BCUT2D eigenvalue weighted by Crippen LogP contribution is -2.33. The highest BCUT2D eigenvalue weighted by Gasteiger charge is 2.40. The molecule has 0 spiro atoms. The zero-order valence-corrected chi connectivity index (χ0v) is 17.1. The third kappa shape index (κ3) is 2.93. The van der Waals surface area contributed by atoms with Crippen LogP contribution >= 0.6 is 0 Å². The quantitative estimate of drug-likeness (QED) is 0.576. The van der Waals surface area contributed by atoms with Crippen molar-refractivity contribution in [3.8, 4) is 5.75 Å². The van der Waals surface area contributed by atoms with E-state index >= 15 is 0 Å². The minimum Gasteiger partial charge on any atom is -0.497 e. The van der Waals surface area contributed by atoms with E-state index in [0.29, 0.717) is 6.42 Å². The summed E-state index contributed by atoms with van der Waals surface area (Å²) < 4.78 is 5.32. The average Bonchev–Trinajstić information content (AvgIpc) is 2.72. The Hall–Kier alpha value is -3.07. The third-order valence-corrected chi connectivity index (χ3v) is 6.19. The number of methoxy groups -OCH3 is 1. The Morgan fingerprint density at radius 2 is 1.72 bits per heavy atom. The van der Waals surface area contributed by atoms with E-state index in [0.717, 1.165) is 29.0 Å². The number of anilines is 1. The van der Waals surface area contributed by atoms with Crippen molar-refractivity contribution in [1.29, 1.82) is 0 Å². The van der Waals surface area contributed by atoms with Gasteiger partial charge in [0.25, 0.3) is 0 Å². The van der Waals surface area contributed by atoms with Gasteiger partial charge in [-0.3, -0.25) is 4.79 Å². The molecule has 0 fully saturated rings. The second-order valence-corrected chi connectivity index (χ2v) is 8.89. The van der Waals surface area contributed by atoms with E-state index < -0.39 is 0 Å². The predicted molar refractivity (Wildman–Crippen MR) is 118 cm³/mol. The molecule has 2 aliphatic rings. The zero-order valence-electron chi connectivity index (χ0n) is 17.1. The SMILES string of the molecule is COc1ccc([C@H]2Nc3ccc4ccccc4c3C3=C2C(=O)CC(C)(C)C3)cc1. The molecule has 1 N–H and O–H groups in total. The summed E-state index contributed by atoms with van der Waals surface area (Å²) >= 11 is 0. The maximum absolute atomic E-state index is 13.4. The maximum Gasteiger partial charge on any atom is 0.162 e. The van der Waals surface area contributed by atoms with Crippen molar-refractivity contribution in [3.63, 3.8) is 0 Å². The van der Waals surface area contributed by atoms with Crippen molar-refractivity contribution in [1.82, 2.24) is 0 Å². The van der Waals surface area contributed by atoms with Crippen LogP contribution < -0.4 is 10.1 Å². The number of ether oxygens (including phenoxy) is 1. The van der Waals surface area contributed by atoms with Crippen molar-refractivity contribution in [2.24, 2.45) is 5.41 Å². The van der Waals surface area contributed by atoms with E-state index in [-0.39, 0.29) is 17.2 Å². The molecule has 5 rings (SSSR count). The molecule has 0 bridgehead atoms. The Kier molecular flexibility index (Phi) is 4.02. The lowest BCUT2D eigenvalue weighted by atomic mass is 9.68. The molecule has 0 saturated heterocycles. The summed E-state index contributed by atoms with van der Waals surface area (Å²) in [7, 11) is 1.67. The fourth-order valence-electron chi connectivity index (χ4n) is 4.88. The van der Waals surface area contributed by atoms with Gasteiger partial charge in [0.15, 0.2) is 5.78 Å². The monoisotopic (exact) mass is 383 g/mol. The van der Waals surface area contributed by atoms with Crippen LogP contribution in [-0.2, 0) is 4.79 Å². The molecule has 1 atom stereocenters. The molecule has 3 nitrogen and oxygen atoms in total. The zero-order chi connectivity index (χ0) is 20.2. The molecular formula is C26H25NO2. The fraction of sp³-hybridized carbons (Fsp3) is 0.269. The Balaban J connectivity index is 1.76. The Bertz CT molecular complexity index is 1160. The van der Waals surface area contributed by atoms with Gasteiger partial charge in [0.1, 0.15) is 5.75 Å². The highest BCUT2D eigenvalue weighted by Crippen LogP contribution is 2.52. The Labute approximate surface area is 171 Å². The first-order chi connectivity index (χ1) is 14.0. The first-order valence-corrected chi connectivity index (χ1v) is 10.2. The van der Waals surface area contributed by atoms with Crippen LogP contribution in [0.5, 0.6) is 5.75 Å². The van der Waals surface area contributed by atoms with Crippen LogP contribution in [0, 0.1) is 5.41 Å². The van der Waals surface area contributed by atoms with Crippen LogP contribution in [0.15, 0.2) is 66.2 Å². The predicted octanol–water partition coefficient (Wildman–Crippen LogP) is 6.16. The van der Waals surface area contributed by atoms with Crippen LogP contribution in [-0.4, -0.2) is 12.9 Å². The van der Waals surface area contributed by atoms with E-state index in [1.165, 1.54) is 21.9 Å². The summed E-state index contributed by atoms with van der Waals surface area (Å²) in [5, 5.41) is 6.10. The number of fused-ring (bicyclic) bond motifs is 4. The van der Waals surface area contributed by atoms with Crippen LogP contribution in [0.3, 0.4) is 0 Å². The summed E-state index contributed by atoms with van der Waals surface area (Å²) in [6, 6.07) is 20.7. The highest BCUT2D eigenvalue weighted by atomic mass is 16.5. The highest BCUT2D eigenvalue weighted by molar-refractivity contribution is 6.12. The fourth-order valence-corrected chi connectivity index (χ4v) is 4.88. The molecule has 0 radical (unpaired) electrons. The molecule has 0 saturated carbocycles. The van der Waals surface area contributed by atoms with Crippen molar-refractivity contribution < 1.29 is 9.53 Å². The standard InChI is InChI=1S/C26H25NO2/c1-26(2)14-20-23-19-7-5-4-6-16(19)10-13-21(23)27-25(24(20)22(28)15-26)17-8-11-18(29-3)12-9-17/h4-13,25,27H,14-15H2,1-3H3/t25-/m1/s1. The molecule has 29 heavy (non-hydrogen) atoms. The van der Waals surface area contributed by atoms with Gasteiger partial charge in [-0.05, 0) is 51.9 Å². The summed E-state index contributed by atoms with van der Waals surface area (Å²) in [4.78, 5) is 13.4. The number of carbonyl (C=O) groups excluding carboxylic acids is 1. The van der Waals surface area contributed by atoms with E-state index in [1.807, 2.05) is 12.1 Å². The van der Waals surface area contributed by atoms with Crippen LogP contribution in [0.2, 0.25) is 0 Å². The van der Waals surface area contributed by atoms with E-state index in [4.69, 9.17) is 4.74 Å². The third-order valence-electron chi connectivity index (χ3n) is 6.19. The topological polar surface area (TPSA) is 38.3 Å². The van der Waals surface area contributed by atoms with Gasteiger partial charge in [0, 0.05) is 23.2 Å². The van der Waals surface area contributed by atoms with Gasteiger partial charge in [-0.2, -0.15) is 0 Å². The number of rotatable bonds is 2. The van der Waals surface area contributed by atoms with E-state index in [1.54, 1.807) is 7.11 Å². The molecular weight excluding hydrogens is 358 g/mol. The Morgan fingerprint density at radius 3 is 2.48 bits per heavy atom. The van der Waals surface area contributed by atoms with E-state index in [9.17, 15) is 4.79 Å². The number of ketones is 1. The number of Topliss-reactive ketones (excluding diaryl/α,β-unsaturated/α-hetero) is 1. The minimum atomic E-state index is -0.131. The van der Waals surface area contributed by atoms with Crippen LogP contribution in [0.25, 0.3) is 16.3 Å². The summed E-state index contributed by atoms with van der Waals surface area (Å²) in [5.41, 5.74) is 5.49. The number of hydrogen-bond donors (Lipinski definition) is 1. The lowest BCUT2D eigenvalue weighted by molar-refractivity contribution is -0.118. The summed E-state index contributed by atoms with van der Waals surface area (Å²) in [6.07, 6.45) is 1.49. The number of carbonyl (C=O) groups is 1.